The predicted molar refractivity (Wildman–Crippen MR) is 106 cm³/mol. The number of rotatable bonds is 8. The second-order valence-corrected chi connectivity index (χ2v) is 7.85. The zero-order valence-electron chi connectivity index (χ0n) is 16.1. The fraction of sp³-hybridized carbons (Fsp3) is 0.600. The van der Waals surface area contributed by atoms with Crippen molar-refractivity contribution in [3.05, 3.63) is 35.4 Å². The molecular weight excluding hydrogens is 352 g/mol. The third kappa shape index (κ3) is 7.34. The van der Waals surface area contributed by atoms with Crippen molar-refractivity contribution in [3.8, 4) is 0 Å². The molecule has 0 heterocycles. The number of carbonyl (C=O) groups is 2. The largest absolute Gasteiger partial charge is 0.469 e. The van der Waals surface area contributed by atoms with Crippen LogP contribution in [0.25, 0.3) is 0 Å². The van der Waals surface area contributed by atoms with Crippen LogP contribution in [0.1, 0.15) is 57.2 Å². The summed E-state index contributed by atoms with van der Waals surface area (Å²) in [5, 5.41) is 6.12. The molecule has 5 nitrogen and oxygen atoms in total. The highest BCUT2D eigenvalue weighted by Gasteiger charge is 2.22. The minimum atomic E-state index is -0.378. The fourth-order valence-corrected chi connectivity index (χ4v) is 2.67. The average molecular weight is 383 g/mol. The predicted octanol–water partition coefficient (Wildman–Crippen LogP) is 3.13. The highest BCUT2D eigenvalue weighted by atomic mass is 35.5. The van der Waals surface area contributed by atoms with Crippen molar-refractivity contribution in [2.45, 2.75) is 51.5 Å². The summed E-state index contributed by atoms with van der Waals surface area (Å²) < 4.78 is 4.78. The van der Waals surface area contributed by atoms with E-state index in [1.807, 2.05) is 12.1 Å². The molecule has 0 aromatic heterocycles. The van der Waals surface area contributed by atoms with Gasteiger partial charge in [0, 0.05) is 0 Å². The maximum atomic E-state index is 12.2. The lowest BCUT2D eigenvalue weighted by molar-refractivity contribution is -0.141. The molecule has 6 heteroatoms. The van der Waals surface area contributed by atoms with Gasteiger partial charge in [0.15, 0.2) is 0 Å². The van der Waals surface area contributed by atoms with E-state index in [1.54, 1.807) is 0 Å². The molecule has 1 aliphatic rings. The van der Waals surface area contributed by atoms with E-state index < -0.39 is 0 Å². The van der Waals surface area contributed by atoms with E-state index in [9.17, 15) is 9.59 Å². The van der Waals surface area contributed by atoms with Gasteiger partial charge in [-0.1, -0.05) is 45.0 Å². The van der Waals surface area contributed by atoms with Crippen molar-refractivity contribution >= 4 is 24.3 Å². The maximum absolute atomic E-state index is 12.2. The van der Waals surface area contributed by atoms with Crippen LogP contribution in [-0.4, -0.2) is 32.1 Å². The van der Waals surface area contributed by atoms with E-state index in [-0.39, 0.29) is 48.7 Å². The zero-order valence-corrected chi connectivity index (χ0v) is 16.9. The summed E-state index contributed by atoms with van der Waals surface area (Å²) in [4.78, 5) is 23.9. The molecule has 1 unspecified atom stereocenters. The number of methoxy groups -OCH3 is 1. The summed E-state index contributed by atoms with van der Waals surface area (Å²) in [5.74, 6) is 0.286. The summed E-state index contributed by atoms with van der Waals surface area (Å²) in [6.45, 7) is 7.62. The number of esters is 1. The number of nitrogens with one attached hydrogen (secondary N) is 2. The smallest absolute Gasteiger partial charge is 0.307 e. The molecule has 2 rings (SSSR count). The Labute approximate surface area is 162 Å². The van der Waals surface area contributed by atoms with Crippen molar-refractivity contribution in [1.82, 2.24) is 10.6 Å². The Kier molecular flexibility index (Phi) is 8.57. The SMILES string of the molecule is COC(=O)CC(NC(=O)CNCC1CC1)c1ccc(C(C)(C)C)cc1.Cl. The monoisotopic (exact) mass is 382 g/mol. The lowest BCUT2D eigenvalue weighted by Gasteiger charge is -2.22. The minimum Gasteiger partial charge on any atom is -0.469 e. The van der Waals surface area contributed by atoms with Crippen LogP contribution in [0.2, 0.25) is 0 Å². The molecule has 1 aliphatic carbocycles. The molecule has 0 radical (unpaired) electrons. The Morgan fingerprint density at radius 3 is 2.31 bits per heavy atom. The molecular formula is C20H31ClN2O3. The Hall–Kier alpha value is -1.59. The molecule has 2 N–H and O–H groups in total. The molecule has 1 atom stereocenters. The molecule has 1 aromatic carbocycles. The molecule has 0 bridgehead atoms. The second-order valence-electron chi connectivity index (χ2n) is 7.85. The van der Waals surface area contributed by atoms with Crippen LogP contribution < -0.4 is 10.6 Å². The van der Waals surface area contributed by atoms with E-state index in [4.69, 9.17) is 4.74 Å². The Balaban J connectivity index is 0.00000338. The molecule has 1 amide bonds. The normalized spacial score (nSPS) is 14.9. The quantitative estimate of drug-likeness (QED) is 0.678. The first kappa shape index (κ1) is 22.5. The summed E-state index contributed by atoms with van der Waals surface area (Å²) >= 11 is 0. The summed E-state index contributed by atoms with van der Waals surface area (Å²) in [6, 6.07) is 7.68. The van der Waals surface area contributed by atoms with Gasteiger partial charge in [0.25, 0.3) is 0 Å². The van der Waals surface area contributed by atoms with E-state index in [0.717, 1.165) is 18.0 Å². The third-order valence-corrected chi connectivity index (χ3v) is 4.53. The summed E-state index contributed by atoms with van der Waals surface area (Å²) in [7, 11) is 1.36. The van der Waals surface area contributed by atoms with Crippen LogP contribution in [0, 0.1) is 5.92 Å². The number of halogens is 1. The Morgan fingerprint density at radius 1 is 1.19 bits per heavy atom. The summed E-state index contributed by atoms with van der Waals surface area (Å²) in [6.07, 6.45) is 2.62. The lowest BCUT2D eigenvalue weighted by Crippen LogP contribution is -2.37. The van der Waals surface area contributed by atoms with E-state index in [0.29, 0.717) is 0 Å². The van der Waals surface area contributed by atoms with E-state index in [1.165, 1.54) is 25.5 Å². The molecule has 1 saturated carbocycles. The zero-order chi connectivity index (χ0) is 18.4. The van der Waals surface area contributed by atoms with E-state index >= 15 is 0 Å². The van der Waals surface area contributed by atoms with Gasteiger partial charge in [0.1, 0.15) is 0 Å². The van der Waals surface area contributed by atoms with Crippen molar-refractivity contribution in [2.24, 2.45) is 5.92 Å². The second kappa shape index (κ2) is 9.93. The minimum absolute atomic E-state index is 0. The lowest BCUT2D eigenvalue weighted by atomic mass is 9.86. The van der Waals surface area contributed by atoms with Crippen molar-refractivity contribution < 1.29 is 14.3 Å². The number of hydrogen-bond acceptors (Lipinski definition) is 4. The Bertz CT molecular complexity index is 592. The first-order valence-electron chi connectivity index (χ1n) is 8.97. The third-order valence-electron chi connectivity index (χ3n) is 4.53. The Morgan fingerprint density at radius 2 is 1.81 bits per heavy atom. The first-order valence-corrected chi connectivity index (χ1v) is 8.97. The van der Waals surface area contributed by atoms with Gasteiger partial charge in [-0.15, -0.1) is 12.4 Å². The fourth-order valence-electron chi connectivity index (χ4n) is 2.67. The van der Waals surface area contributed by atoms with Crippen molar-refractivity contribution in [2.75, 3.05) is 20.2 Å². The van der Waals surface area contributed by atoms with Gasteiger partial charge in [-0.05, 0) is 41.8 Å². The van der Waals surface area contributed by atoms with Crippen LogP contribution in [-0.2, 0) is 19.7 Å². The van der Waals surface area contributed by atoms with Crippen LogP contribution in [0.5, 0.6) is 0 Å². The van der Waals surface area contributed by atoms with Crippen LogP contribution in [0.4, 0.5) is 0 Å². The molecule has 26 heavy (non-hydrogen) atoms. The highest BCUT2D eigenvalue weighted by Crippen LogP contribution is 2.27. The van der Waals surface area contributed by atoms with Gasteiger partial charge in [0.2, 0.25) is 5.91 Å². The molecule has 0 spiro atoms. The molecule has 1 fully saturated rings. The van der Waals surface area contributed by atoms with E-state index in [2.05, 4.69) is 43.5 Å². The van der Waals surface area contributed by atoms with Crippen LogP contribution in [0.3, 0.4) is 0 Å². The number of hydrogen-bond donors (Lipinski definition) is 2. The van der Waals surface area contributed by atoms with Crippen molar-refractivity contribution in [3.63, 3.8) is 0 Å². The average Bonchev–Trinajstić information content (AvgIpc) is 3.37. The highest BCUT2D eigenvalue weighted by molar-refractivity contribution is 5.85. The maximum Gasteiger partial charge on any atom is 0.307 e. The van der Waals surface area contributed by atoms with Crippen LogP contribution >= 0.6 is 12.4 Å². The molecule has 1 aromatic rings. The first-order chi connectivity index (χ1) is 11.8. The molecule has 146 valence electrons. The molecule has 0 aliphatic heterocycles. The van der Waals surface area contributed by atoms with Gasteiger partial charge < -0.3 is 15.4 Å². The van der Waals surface area contributed by atoms with Gasteiger partial charge >= 0.3 is 5.97 Å². The van der Waals surface area contributed by atoms with Gasteiger partial charge in [-0.2, -0.15) is 0 Å². The van der Waals surface area contributed by atoms with Crippen LogP contribution in [0.15, 0.2) is 24.3 Å². The van der Waals surface area contributed by atoms with Gasteiger partial charge in [0.05, 0.1) is 26.1 Å². The number of benzene rings is 1. The number of amides is 1. The van der Waals surface area contributed by atoms with Crippen molar-refractivity contribution in [1.29, 1.82) is 0 Å². The number of carbonyl (C=O) groups excluding carboxylic acids is 2. The van der Waals surface area contributed by atoms with Gasteiger partial charge in [-0.3, -0.25) is 9.59 Å². The van der Waals surface area contributed by atoms with Gasteiger partial charge in [-0.25, -0.2) is 0 Å². The topological polar surface area (TPSA) is 67.4 Å². The standard InChI is InChI=1S/C20H30N2O3.ClH/c1-20(2,3)16-9-7-15(8-10-16)17(11-19(24)25-4)22-18(23)13-21-12-14-5-6-14;/h7-10,14,17,21H,5-6,11-13H2,1-4H3,(H,22,23);1H. The summed E-state index contributed by atoms with van der Waals surface area (Å²) in [5.41, 5.74) is 2.19. The number of ether oxygens (including phenoxy) is 1. The molecule has 0 saturated heterocycles.